The zero-order valence-electron chi connectivity index (χ0n) is 19.3. The second kappa shape index (κ2) is 9.58. The molecule has 0 aliphatic carbocycles. The van der Waals surface area contributed by atoms with Gasteiger partial charge in [-0.1, -0.05) is 36.8 Å². The van der Waals surface area contributed by atoms with E-state index < -0.39 is 11.5 Å². The molecule has 6 nitrogen and oxygen atoms in total. The molecule has 4 aromatic rings. The van der Waals surface area contributed by atoms with Gasteiger partial charge in [0.05, 0.1) is 5.69 Å². The molecule has 2 heterocycles. The summed E-state index contributed by atoms with van der Waals surface area (Å²) in [6.45, 7) is 9.95. The number of nitrogens with one attached hydrogen (secondary N) is 1. The summed E-state index contributed by atoms with van der Waals surface area (Å²) in [5.41, 5.74) is 3.77. The fourth-order valence-electron chi connectivity index (χ4n) is 3.79. The highest BCUT2D eigenvalue weighted by Crippen LogP contribution is 2.32. The first-order valence-corrected chi connectivity index (χ1v) is 12.0. The van der Waals surface area contributed by atoms with E-state index in [4.69, 9.17) is 4.42 Å². The monoisotopic (exact) mass is 461 g/mol. The van der Waals surface area contributed by atoms with Crippen molar-refractivity contribution in [3.05, 3.63) is 75.0 Å². The minimum Gasteiger partial charge on any atom is -0.422 e. The molecule has 0 aliphatic rings. The largest absolute Gasteiger partial charge is 0.422 e. The molecule has 0 spiro atoms. The Morgan fingerprint density at radius 1 is 1.06 bits per heavy atom. The predicted octanol–water partition coefficient (Wildman–Crippen LogP) is 5.89. The first-order valence-electron chi connectivity index (χ1n) is 11.1. The van der Waals surface area contributed by atoms with Gasteiger partial charge in [0, 0.05) is 40.7 Å². The highest BCUT2D eigenvalue weighted by atomic mass is 32.1. The van der Waals surface area contributed by atoms with Gasteiger partial charge in [-0.3, -0.25) is 10.1 Å². The van der Waals surface area contributed by atoms with Crippen LogP contribution in [0.15, 0.2) is 57.7 Å². The van der Waals surface area contributed by atoms with Gasteiger partial charge >= 0.3 is 5.63 Å². The lowest BCUT2D eigenvalue weighted by atomic mass is 10.1. The average molecular weight is 462 g/mol. The van der Waals surface area contributed by atoms with Gasteiger partial charge in [-0.25, -0.2) is 9.78 Å². The molecule has 1 N–H and O–H groups in total. The number of anilines is 2. The van der Waals surface area contributed by atoms with E-state index in [1.807, 2.05) is 49.4 Å². The van der Waals surface area contributed by atoms with Gasteiger partial charge in [0.2, 0.25) is 0 Å². The van der Waals surface area contributed by atoms with Crippen molar-refractivity contribution in [3.63, 3.8) is 0 Å². The Labute approximate surface area is 196 Å². The SMILES string of the molecule is CCc1sc(NC(=O)c2cc3ccc(N(CC)CC)cc3oc2=O)nc1-c1ccc(C)cc1. The van der Waals surface area contributed by atoms with Crippen LogP contribution in [0, 0.1) is 6.92 Å². The van der Waals surface area contributed by atoms with E-state index in [1.54, 1.807) is 6.07 Å². The Bertz CT molecular complexity index is 1350. The summed E-state index contributed by atoms with van der Waals surface area (Å²) >= 11 is 1.42. The Morgan fingerprint density at radius 2 is 1.79 bits per heavy atom. The first kappa shape index (κ1) is 22.7. The smallest absolute Gasteiger partial charge is 0.349 e. The number of hydrogen-bond donors (Lipinski definition) is 1. The molecular formula is C26H27N3O3S. The number of benzene rings is 2. The van der Waals surface area contributed by atoms with Crippen molar-refractivity contribution in [2.24, 2.45) is 0 Å². The topological polar surface area (TPSA) is 75.4 Å². The first-order chi connectivity index (χ1) is 15.9. The third-order valence-electron chi connectivity index (χ3n) is 5.66. The zero-order chi connectivity index (χ0) is 23.5. The maximum atomic E-state index is 12.9. The highest BCUT2D eigenvalue weighted by molar-refractivity contribution is 7.16. The van der Waals surface area contributed by atoms with Gasteiger partial charge in [0.1, 0.15) is 11.1 Å². The minimum absolute atomic E-state index is 0.0387. The van der Waals surface area contributed by atoms with Crippen LogP contribution < -0.4 is 15.8 Å². The molecule has 170 valence electrons. The summed E-state index contributed by atoms with van der Waals surface area (Å²) in [5, 5.41) is 3.95. The molecule has 7 heteroatoms. The van der Waals surface area contributed by atoms with Crippen LogP contribution in [0.25, 0.3) is 22.2 Å². The molecule has 2 aromatic heterocycles. The second-order valence-electron chi connectivity index (χ2n) is 7.81. The molecule has 4 rings (SSSR count). The molecule has 0 atom stereocenters. The van der Waals surface area contributed by atoms with Gasteiger partial charge in [-0.2, -0.15) is 0 Å². The molecule has 0 fully saturated rings. The van der Waals surface area contributed by atoms with Crippen molar-refractivity contribution in [3.8, 4) is 11.3 Å². The molecule has 0 saturated heterocycles. The molecular weight excluding hydrogens is 434 g/mol. The van der Waals surface area contributed by atoms with Crippen LogP contribution in [0.3, 0.4) is 0 Å². The van der Waals surface area contributed by atoms with Crippen molar-refractivity contribution >= 4 is 39.0 Å². The third kappa shape index (κ3) is 4.68. The highest BCUT2D eigenvalue weighted by Gasteiger charge is 2.18. The number of carbonyl (C=O) groups excluding carboxylic acids is 1. The van der Waals surface area contributed by atoms with Crippen molar-refractivity contribution in [1.29, 1.82) is 0 Å². The van der Waals surface area contributed by atoms with Crippen molar-refractivity contribution in [1.82, 2.24) is 4.98 Å². The van der Waals surface area contributed by atoms with Crippen molar-refractivity contribution < 1.29 is 9.21 Å². The summed E-state index contributed by atoms with van der Waals surface area (Å²) in [7, 11) is 0. The molecule has 1 amide bonds. The predicted molar refractivity (Wildman–Crippen MR) is 136 cm³/mol. The van der Waals surface area contributed by atoms with E-state index in [1.165, 1.54) is 16.9 Å². The van der Waals surface area contributed by atoms with Crippen molar-refractivity contribution in [2.45, 2.75) is 34.1 Å². The number of thiazole rings is 1. The minimum atomic E-state index is -0.664. The normalized spacial score (nSPS) is 11.0. The van der Waals surface area contributed by atoms with Crippen LogP contribution in [0.1, 0.15) is 41.6 Å². The van der Waals surface area contributed by atoms with E-state index in [0.717, 1.165) is 41.3 Å². The van der Waals surface area contributed by atoms with E-state index in [-0.39, 0.29) is 5.56 Å². The molecule has 33 heavy (non-hydrogen) atoms. The fraction of sp³-hybridized carbons (Fsp3) is 0.269. The summed E-state index contributed by atoms with van der Waals surface area (Å²) < 4.78 is 5.50. The third-order valence-corrected chi connectivity index (χ3v) is 6.77. The average Bonchev–Trinajstić information content (AvgIpc) is 3.22. The Kier molecular flexibility index (Phi) is 6.60. The van der Waals surface area contributed by atoms with E-state index in [9.17, 15) is 9.59 Å². The molecule has 0 radical (unpaired) electrons. The van der Waals surface area contributed by atoms with Crippen LogP contribution in [-0.4, -0.2) is 24.0 Å². The lowest BCUT2D eigenvalue weighted by Gasteiger charge is -2.20. The Hall–Kier alpha value is -3.45. The summed E-state index contributed by atoms with van der Waals surface area (Å²) in [6, 6.07) is 15.4. The molecule has 0 unspecified atom stereocenters. The Morgan fingerprint density at radius 3 is 2.45 bits per heavy atom. The van der Waals surface area contributed by atoms with Crippen LogP contribution in [0.5, 0.6) is 0 Å². The molecule has 2 aromatic carbocycles. The van der Waals surface area contributed by atoms with Crippen LogP contribution >= 0.6 is 11.3 Å². The van der Waals surface area contributed by atoms with Gasteiger partial charge in [-0.15, -0.1) is 11.3 Å². The van der Waals surface area contributed by atoms with Gasteiger partial charge in [0.15, 0.2) is 5.13 Å². The zero-order valence-corrected chi connectivity index (χ0v) is 20.1. The van der Waals surface area contributed by atoms with E-state index in [0.29, 0.717) is 16.1 Å². The van der Waals surface area contributed by atoms with Gasteiger partial charge in [0.25, 0.3) is 5.91 Å². The lowest BCUT2D eigenvalue weighted by Crippen LogP contribution is -2.22. The number of rotatable bonds is 7. The second-order valence-corrected chi connectivity index (χ2v) is 8.89. The van der Waals surface area contributed by atoms with Crippen LogP contribution in [-0.2, 0) is 6.42 Å². The van der Waals surface area contributed by atoms with Crippen LogP contribution in [0.2, 0.25) is 0 Å². The number of amides is 1. The van der Waals surface area contributed by atoms with Gasteiger partial charge in [-0.05, 0) is 45.4 Å². The number of aromatic nitrogens is 1. The maximum absolute atomic E-state index is 12.9. The van der Waals surface area contributed by atoms with Crippen molar-refractivity contribution in [2.75, 3.05) is 23.3 Å². The van der Waals surface area contributed by atoms with Crippen LogP contribution in [0.4, 0.5) is 10.8 Å². The molecule has 0 aliphatic heterocycles. The summed E-state index contributed by atoms with van der Waals surface area (Å²) in [5.74, 6) is -0.523. The number of aryl methyl sites for hydroxylation is 2. The maximum Gasteiger partial charge on any atom is 0.349 e. The number of nitrogens with zero attached hydrogens (tertiary/aromatic N) is 2. The lowest BCUT2D eigenvalue weighted by molar-refractivity contribution is 0.102. The number of fused-ring (bicyclic) bond motifs is 1. The number of carbonyl (C=O) groups is 1. The standard InChI is InChI=1S/C26H27N3O3S/c1-5-22-23(17-10-8-16(4)9-11-17)27-26(33-22)28-24(30)20-14-18-12-13-19(29(6-2)7-3)15-21(18)32-25(20)31/h8-15H,5-7H2,1-4H3,(H,27,28,30). The van der Waals surface area contributed by atoms with Gasteiger partial charge < -0.3 is 9.32 Å². The molecule has 0 saturated carbocycles. The summed E-state index contributed by atoms with van der Waals surface area (Å²) in [6.07, 6.45) is 0.795. The quantitative estimate of drug-likeness (QED) is 0.348. The summed E-state index contributed by atoms with van der Waals surface area (Å²) in [4.78, 5) is 33.4. The molecule has 0 bridgehead atoms. The number of hydrogen-bond acceptors (Lipinski definition) is 6. The fourth-order valence-corrected chi connectivity index (χ4v) is 4.71. The van der Waals surface area contributed by atoms with E-state index in [2.05, 4.69) is 36.0 Å². The Balaban J connectivity index is 1.62. The van der Waals surface area contributed by atoms with E-state index >= 15 is 0 Å².